The first-order chi connectivity index (χ1) is 17.1. The predicted octanol–water partition coefficient (Wildman–Crippen LogP) is 1.02. The van der Waals surface area contributed by atoms with Crippen molar-refractivity contribution in [2.24, 2.45) is 5.73 Å². The molecule has 5 atom stereocenters. The second kappa shape index (κ2) is 8.75. The summed E-state index contributed by atoms with van der Waals surface area (Å²) >= 11 is 0. The number of phenols is 2. The van der Waals surface area contributed by atoms with Crippen molar-refractivity contribution < 1.29 is 44.3 Å². The van der Waals surface area contributed by atoms with Gasteiger partial charge in [0.15, 0.2) is 23.6 Å². The molecule has 10 heteroatoms. The van der Waals surface area contributed by atoms with Crippen molar-refractivity contribution in [1.29, 1.82) is 0 Å². The zero-order chi connectivity index (χ0) is 25.9. The summed E-state index contributed by atoms with van der Waals surface area (Å²) in [6.45, 7) is 0.847. The van der Waals surface area contributed by atoms with Crippen molar-refractivity contribution in [2.45, 2.75) is 62.7 Å². The minimum absolute atomic E-state index is 0.0161. The van der Waals surface area contributed by atoms with Crippen molar-refractivity contribution >= 4 is 17.3 Å². The summed E-state index contributed by atoms with van der Waals surface area (Å²) < 4.78 is 11.9. The van der Waals surface area contributed by atoms with E-state index in [1.54, 1.807) is 12.1 Å². The Hall–Kier alpha value is -3.15. The molecule has 0 amide bonds. The summed E-state index contributed by atoms with van der Waals surface area (Å²) in [6, 6.07) is 5.82. The average molecular weight is 498 g/mol. The van der Waals surface area contributed by atoms with Crippen LogP contribution in [0.1, 0.15) is 75.3 Å². The zero-order valence-corrected chi connectivity index (χ0v) is 19.6. The number of hydrogen-bond acceptors (Lipinski definition) is 10. The Morgan fingerprint density at radius 2 is 1.72 bits per heavy atom. The van der Waals surface area contributed by atoms with Gasteiger partial charge in [-0.05, 0) is 13.3 Å². The van der Waals surface area contributed by atoms with Gasteiger partial charge in [0.2, 0.25) is 0 Å². The standard InChI is InChI=1S/C26H27NO9/c1-11-6-12(27)7-18(35-11)36-16-9-26(34,17(29)10-28)8-15-19(16)25(33)21-20(24(15)32)22(30)13-4-2-3-5-14(13)23(21)31/h2-5,11-12,16,18,28,32-34H,6-10,27H2,1H3/t11?,12-,16+,18+,26+/m1/s1. The first-order valence-corrected chi connectivity index (χ1v) is 11.8. The molecule has 2 aromatic rings. The van der Waals surface area contributed by atoms with Gasteiger partial charge in [0.25, 0.3) is 0 Å². The normalized spacial score (nSPS) is 29.3. The first-order valence-electron chi connectivity index (χ1n) is 11.8. The Morgan fingerprint density at radius 3 is 2.31 bits per heavy atom. The average Bonchev–Trinajstić information content (AvgIpc) is 2.83. The Kier molecular flexibility index (Phi) is 5.97. The predicted molar refractivity (Wildman–Crippen MR) is 124 cm³/mol. The lowest BCUT2D eigenvalue weighted by Crippen LogP contribution is -2.48. The Labute approximate surface area is 206 Å². The maximum atomic E-state index is 13.3. The lowest BCUT2D eigenvalue weighted by atomic mass is 9.72. The molecule has 0 spiro atoms. The molecule has 1 aliphatic heterocycles. The molecule has 1 heterocycles. The number of aliphatic hydroxyl groups excluding tert-OH is 1. The number of hydrogen-bond donors (Lipinski definition) is 5. The van der Waals surface area contributed by atoms with E-state index < -0.39 is 65.4 Å². The number of aliphatic hydroxyl groups is 2. The Bertz CT molecular complexity index is 1280. The second-order valence-corrected chi connectivity index (χ2v) is 9.77. The third kappa shape index (κ3) is 3.73. The minimum atomic E-state index is -2.16. The summed E-state index contributed by atoms with van der Waals surface area (Å²) in [4.78, 5) is 39.1. The molecule has 0 aromatic heterocycles. The van der Waals surface area contributed by atoms with Gasteiger partial charge in [-0.1, -0.05) is 24.3 Å². The van der Waals surface area contributed by atoms with E-state index >= 15 is 0 Å². The number of Topliss-reactive ketones (excluding diaryl/α,β-unsaturated/α-hetero) is 1. The van der Waals surface area contributed by atoms with Crippen molar-refractivity contribution in [2.75, 3.05) is 6.61 Å². The second-order valence-electron chi connectivity index (χ2n) is 9.77. The van der Waals surface area contributed by atoms with Crippen LogP contribution in [0.15, 0.2) is 24.3 Å². The van der Waals surface area contributed by atoms with Crippen LogP contribution in [0.3, 0.4) is 0 Å². The van der Waals surface area contributed by atoms with E-state index in [1.165, 1.54) is 12.1 Å². The molecule has 190 valence electrons. The molecule has 10 nitrogen and oxygen atoms in total. The van der Waals surface area contributed by atoms with Crippen LogP contribution in [0.25, 0.3) is 0 Å². The molecule has 6 N–H and O–H groups in total. The zero-order valence-electron chi connectivity index (χ0n) is 19.6. The van der Waals surface area contributed by atoms with Crippen LogP contribution >= 0.6 is 0 Å². The highest BCUT2D eigenvalue weighted by molar-refractivity contribution is 6.30. The number of nitrogens with two attached hydrogens (primary N) is 1. The van der Waals surface area contributed by atoms with E-state index in [9.17, 15) is 34.8 Å². The van der Waals surface area contributed by atoms with Crippen LogP contribution < -0.4 is 5.73 Å². The van der Waals surface area contributed by atoms with Crippen LogP contribution in [-0.4, -0.2) is 68.4 Å². The monoisotopic (exact) mass is 497 g/mol. The van der Waals surface area contributed by atoms with Crippen molar-refractivity contribution in [3.63, 3.8) is 0 Å². The molecule has 3 aliphatic rings. The van der Waals surface area contributed by atoms with E-state index in [2.05, 4.69) is 0 Å². The van der Waals surface area contributed by atoms with Crippen LogP contribution in [0, 0.1) is 0 Å². The lowest BCUT2D eigenvalue weighted by Gasteiger charge is -2.41. The van der Waals surface area contributed by atoms with E-state index in [0.29, 0.717) is 12.8 Å². The number of rotatable bonds is 4. The summed E-state index contributed by atoms with van der Waals surface area (Å²) in [6.07, 6.45) is -2.29. The fourth-order valence-electron chi connectivity index (χ4n) is 5.57. The van der Waals surface area contributed by atoms with Crippen LogP contribution in [0.5, 0.6) is 11.5 Å². The molecule has 0 radical (unpaired) electrons. The summed E-state index contributed by atoms with van der Waals surface area (Å²) in [7, 11) is 0. The largest absolute Gasteiger partial charge is 0.507 e. The molecule has 1 unspecified atom stereocenters. The molecular formula is C26H27NO9. The fourth-order valence-corrected chi connectivity index (χ4v) is 5.57. The summed E-state index contributed by atoms with van der Waals surface area (Å²) in [5, 5.41) is 43.2. The summed E-state index contributed by atoms with van der Waals surface area (Å²) in [5.41, 5.74) is 3.19. The van der Waals surface area contributed by atoms with Gasteiger partial charge in [-0.25, -0.2) is 0 Å². The quantitative estimate of drug-likeness (QED) is 0.327. The van der Waals surface area contributed by atoms with Gasteiger partial charge in [0.05, 0.1) is 23.3 Å². The molecule has 1 saturated heterocycles. The van der Waals surface area contributed by atoms with Gasteiger partial charge >= 0.3 is 0 Å². The smallest absolute Gasteiger partial charge is 0.198 e. The Balaban J connectivity index is 1.68. The minimum Gasteiger partial charge on any atom is -0.507 e. The van der Waals surface area contributed by atoms with Crippen molar-refractivity contribution in [3.8, 4) is 11.5 Å². The SMILES string of the molecule is CC1C[C@@H](N)C[C@H](O[C@H]2C[C@](O)(C(=O)CO)Cc3c(O)c4c(c(O)c32)C(=O)c2ccccc2C4=O)O1. The van der Waals surface area contributed by atoms with Crippen LogP contribution in [-0.2, 0) is 20.7 Å². The molecular weight excluding hydrogens is 470 g/mol. The fraction of sp³-hybridized carbons (Fsp3) is 0.423. The van der Waals surface area contributed by atoms with E-state index in [-0.39, 0.29) is 46.4 Å². The third-order valence-corrected chi connectivity index (χ3v) is 7.27. The molecule has 0 bridgehead atoms. The number of ketones is 3. The number of benzene rings is 2. The Morgan fingerprint density at radius 1 is 1.11 bits per heavy atom. The number of fused-ring (bicyclic) bond motifs is 3. The molecule has 2 aromatic carbocycles. The maximum absolute atomic E-state index is 13.3. The van der Waals surface area contributed by atoms with E-state index in [4.69, 9.17) is 15.2 Å². The number of phenolic OH excluding ortho intramolecular Hbond substituents is 2. The molecule has 1 fully saturated rings. The van der Waals surface area contributed by atoms with Gasteiger partial charge in [0.1, 0.15) is 23.7 Å². The van der Waals surface area contributed by atoms with Gasteiger partial charge in [0, 0.05) is 47.6 Å². The topological polar surface area (TPSA) is 177 Å². The van der Waals surface area contributed by atoms with Crippen molar-refractivity contribution in [1.82, 2.24) is 0 Å². The number of aromatic hydroxyl groups is 2. The summed E-state index contributed by atoms with van der Waals surface area (Å²) in [5.74, 6) is -3.43. The molecule has 36 heavy (non-hydrogen) atoms. The number of ether oxygens (including phenoxy) is 2. The van der Waals surface area contributed by atoms with Gasteiger partial charge in [-0.2, -0.15) is 0 Å². The van der Waals surface area contributed by atoms with Gasteiger partial charge in [-0.15, -0.1) is 0 Å². The van der Waals surface area contributed by atoms with Crippen LogP contribution in [0.2, 0.25) is 0 Å². The van der Waals surface area contributed by atoms with E-state index in [0.717, 1.165) is 0 Å². The molecule has 0 saturated carbocycles. The van der Waals surface area contributed by atoms with E-state index in [1.807, 2.05) is 6.92 Å². The van der Waals surface area contributed by atoms with Crippen molar-refractivity contribution in [3.05, 3.63) is 57.6 Å². The number of carbonyl (C=O) groups is 3. The number of carbonyl (C=O) groups excluding carboxylic acids is 3. The first kappa shape index (κ1) is 24.5. The molecule has 5 rings (SSSR count). The van der Waals surface area contributed by atoms with Crippen LogP contribution in [0.4, 0.5) is 0 Å². The highest BCUT2D eigenvalue weighted by Crippen LogP contribution is 2.51. The third-order valence-electron chi connectivity index (χ3n) is 7.27. The maximum Gasteiger partial charge on any atom is 0.198 e. The highest BCUT2D eigenvalue weighted by atomic mass is 16.7. The lowest BCUT2D eigenvalue weighted by molar-refractivity contribution is -0.225. The highest BCUT2D eigenvalue weighted by Gasteiger charge is 2.49. The van der Waals surface area contributed by atoms with Gasteiger partial charge < -0.3 is 35.6 Å². The molecule has 2 aliphatic carbocycles. The van der Waals surface area contributed by atoms with Gasteiger partial charge in [-0.3, -0.25) is 14.4 Å².